The van der Waals surface area contributed by atoms with E-state index in [-0.39, 0.29) is 11.8 Å². The fourth-order valence-corrected chi connectivity index (χ4v) is 5.10. The van der Waals surface area contributed by atoms with E-state index in [1.165, 1.54) is 33.9 Å². The number of nitrogens with zero attached hydrogens (tertiary/aromatic N) is 4. The van der Waals surface area contributed by atoms with E-state index in [2.05, 4.69) is 71.3 Å². The molecule has 0 aliphatic carbocycles. The summed E-state index contributed by atoms with van der Waals surface area (Å²) in [7, 11) is 0. The summed E-state index contributed by atoms with van der Waals surface area (Å²) in [4.78, 5) is 38.4. The van der Waals surface area contributed by atoms with Crippen LogP contribution in [0.5, 0.6) is 0 Å². The zero-order valence-corrected chi connectivity index (χ0v) is 22.4. The van der Waals surface area contributed by atoms with Gasteiger partial charge in [0.1, 0.15) is 6.26 Å². The fraction of sp³-hybridized carbons (Fsp3) is 0.367. The molecule has 2 aromatic heterocycles. The molecule has 2 aromatic carbocycles. The molecule has 4 aromatic rings. The largest absolute Gasteiger partial charge is 0.447 e. The molecule has 0 atom stereocenters. The van der Waals surface area contributed by atoms with Crippen LogP contribution in [0, 0.1) is 13.8 Å². The van der Waals surface area contributed by atoms with Gasteiger partial charge in [-0.2, -0.15) is 0 Å². The van der Waals surface area contributed by atoms with E-state index in [4.69, 9.17) is 4.42 Å². The number of aromatic amines is 1. The first-order valence-corrected chi connectivity index (χ1v) is 13.2. The summed E-state index contributed by atoms with van der Waals surface area (Å²) < 4.78 is 5.79. The smallest absolute Gasteiger partial charge is 0.275 e. The van der Waals surface area contributed by atoms with Crippen molar-refractivity contribution in [2.75, 3.05) is 32.7 Å². The topological polar surface area (TPSA) is 85.7 Å². The third kappa shape index (κ3) is 5.81. The van der Waals surface area contributed by atoms with Gasteiger partial charge < -0.3 is 19.2 Å². The number of fused-ring (bicyclic) bond motifs is 1. The van der Waals surface area contributed by atoms with Gasteiger partial charge in [-0.05, 0) is 43.0 Å². The van der Waals surface area contributed by atoms with Gasteiger partial charge in [0.2, 0.25) is 11.8 Å². The van der Waals surface area contributed by atoms with Crippen LogP contribution in [0.3, 0.4) is 0 Å². The minimum Gasteiger partial charge on any atom is -0.447 e. The third-order valence-corrected chi connectivity index (χ3v) is 7.41. The number of aryl methyl sites for hydroxylation is 2. The van der Waals surface area contributed by atoms with Crippen molar-refractivity contribution >= 4 is 22.7 Å². The van der Waals surface area contributed by atoms with Crippen LogP contribution in [0.4, 0.5) is 0 Å². The second-order valence-corrected chi connectivity index (χ2v) is 10.2. The van der Waals surface area contributed by atoms with Crippen LogP contribution in [-0.4, -0.2) is 69.2 Å². The number of rotatable bonds is 8. The summed E-state index contributed by atoms with van der Waals surface area (Å²) >= 11 is 0. The van der Waals surface area contributed by atoms with Crippen molar-refractivity contribution in [2.45, 2.75) is 40.3 Å². The van der Waals surface area contributed by atoms with Crippen molar-refractivity contribution < 1.29 is 14.0 Å². The number of H-pyrrole nitrogens is 1. The molecule has 0 bridgehead atoms. The van der Waals surface area contributed by atoms with Crippen molar-refractivity contribution in [3.8, 4) is 0 Å². The minimum atomic E-state index is -0.150. The lowest BCUT2D eigenvalue weighted by molar-refractivity contribution is -0.130. The third-order valence-electron chi connectivity index (χ3n) is 7.41. The van der Waals surface area contributed by atoms with E-state index < -0.39 is 0 Å². The molecule has 3 heterocycles. The van der Waals surface area contributed by atoms with E-state index in [0.29, 0.717) is 44.3 Å². The highest BCUT2D eigenvalue weighted by molar-refractivity contribution is 5.92. The normalized spacial score (nSPS) is 14.0. The van der Waals surface area contributed by atoms with Gasteiger partial charge in [-0.1, -0.05) is 42.0 Å². The number of carbonyl (C=O) groups is 2. The number of hydrogen-bond donors (Lipinski definition) is 1. The SMILES string of the molecule is CC(=O)N1CCN(C(=O)c2coc(CN(CCc3c[nH]c4ccccc34)Cc3cc(C)ccc3C)n2)CC1. The number of carbonyl (C=O) groups excluding carboxylic acids is 2. The Morgan fingerprint density at radius 1 is 1.00 bits per heavy atom. The van der Waals surface area contributed by atoms with Gasteiger partial charge in [-0.15, -0.1) is 0 Å². The molecule has 0 saturated carbocycles. The lowest BCUT2D eigenvalue weighted by Gasteiger charge is -2.33. The van der Waals surface area contributed by atoms with Gasteiger partial charge in [-0.25, -0.2) is 4.98 Å². The Hall–Kier alpha value is -3.91. The van der Waals surface area contributed by atoms with E-state index >= 15 is 0 Å². The zero-order valence-electron chi connectivity index (χ0n) is 22.4. The van der Waals surface area contributed by atoms with E-state index in [1.54, 1.807) is 16.7 Å². The number of piperazine rings is 1. The molecule has 0 unspecified atom stereocenters. The Balaban J connectivity index is 1.30. The standard InChI is InChI=1S/C30H35N5O3/c1-21-8-9-22(2)25(16-21)18-33(11-10-24-17-31-27-7-5-4-6-26(24)27)19-29-32-28(20-38-29)30(37)35-14-12-34(13-15-35)23(3)36/h4-9,16-17,20,31H,10-15,18-19H2,1-3H3. The van der Waals surface area contributed by atoms with Gasteiger partial charge in [0.25, 0.3) is 5.91 Å². The Morgan fingerprint density at radius 2 is 1.76 bits per heavy atom. The maximum atomic E-state index is 13.0. The predicted molar refractivity (Wildman–Crippen MR) is 147 cm³/mol. The monoisotopic (exact) mass is 513 g/mol. The second-order valence-electron chi connectivity index (χ2n) is 10.2. The Morgan fingerprint density at radius 3 is 2.55 bits per heavy atom. The number of benzene rings is 2. The lowest BCUT2D eigenvalue weighted by atomic mass is 10.0. The second kappa shape index (κ2) is 11.2. The molecule has 8 heteroatoms. The summed E-state index contributed by atoms with van der Waals surface area (Å²) in [5.41, 5.74) is 6.49. The maximum Gasteiger partial charge on any atom is 0.275 e. The highest BCUT2D eigenvalue weighted by atomic mass is 16.3. The number of nitrogens with one attached hydrogen (secondary N) is 1. The van der Waals surface area contributed by atoms with Crippen LogP contribution in [0.25, 0.3) is 10.9 Å². The van der Waals surface area contributed by atoms with Crippen LogP contribution < -0.4 is 0 Å². The van der Waals surface area contributed by atoms with Crippen LogP contribution >= 0.6 is 0 Å². The highest BCUT2D eigenvalue weighted by Crippen LogP contribution is 2.21. The Kier molecular flexibility index (Phi) is 7.60. The van der Waals surface area contributed by atoms with Crippen molar-refractivity contribution in [1.82, 2.24) is 24.7 Å². The molecule has 1 aliphatic rings. The van der Waals surface area contributed by atoms with E-state index in [9.17, 15) is 9.59 Å². The Labute approximate surface area is 223 Å². The molecule has 2 amide bonds. The van der Waals surface area contributed by atoms with Gasteiger partial charge in [0, 0.05) is 63.3 Å². The van der Waals surface area contributed by atoms with Crippen molar-refractivity contribution in [1.29, 1.82) is 0 Å². The van der Waals surface area contributed by atoms with Crippen LogP contribution in [0.15, 0.2) is 59.3 Å². The average Bonchev–Trinajstić information content (AvgIpc) is 3.56. The molecular formula is C30H35N5O3. The van der Waals surface area contributed by atoms with Gasteiger partial charge in [0.15, 0.2) is 5.69 Å². The number of para-hydroxylation sites is 1. The highest BCUT2D eigenvalue weighted by Gasteiger charge is 2.25. The number of amides is 2. The van der Waals surface area contributed by atoms with Crippen LogP contribution in [-0.2, 0) is 24.3 Å². The van der Waals surface area contributed by atoms with Crippen LogP contribution in [0.2, 0.25) is 0 Å². The summed E-state index contributed by atoms with van der Waals surface area (Å²) in [6, 6.07) is 14.9. The fourth-order valence-electron chi connectivity index (χ4n) is 5.10. The van der Waals surface area contributed by atoms with Crippen molar-refractivity contribution in [2.24, 2.45) is 0 Å². The quantitative estimate of drug-likeness (QED) is 0.379. The minimum absolute atomic E-state index is 0.0393. The van der Waals surface area contributed by atoms with Crippen molar-refractivity contribution in [3.63, 3.8) is 0 Å². The molecule has 8 nitrogen and oxygen atoms in total. The zero-order chi connectivity index (χ0) is 26.6. The lowest BCUT2D eigenvalue weighted by Crippen LogP contribution is -2.50. The Bertz CT molecular complexity index is 1430. The molecule has 1 fully saturated rings. The summed E-state index contributed by atoms with van der Waals surface area (Å²) in [5.74, 6) is 0.417. The summed E-state index contributed by atoms with van der Waals surface area (Å²) in [5, 5.41) is 1.24. The molecular weight excluding hydrogens is 478 g/mol. The summed E-state index contributed by atoms with van der Waals surface area (Å²) in [6.45, 7) is 9.98. The van der Waals surface area contributed by atoms with Gasteiger partial charge >= 0.3 is 0 Å². The maximum absolute atomic E-state index is 13.0. The average molecular weight is 514 g/mol. The molecule has 1 saturated heterocycles. The molecule has 5 rings (SSSR count). The molecule has 1 N–H and O–H groups in total. The molecule has 38 heavy (non-hydrogen) atoms. The van der Waals surface area contributed by atoms with E-state index in [0.717, 1.165) is 25.0 Å². The van der Waals surface area contributed by atoms with Crippen molar-refractivity contribution in [3.05, 3.63) is 88.8 Å². The van der Waals surface area contributed by atoms with Gasteiger partial charge in [-0.3, -0.25) is 14.5 Å². The first-order valence-electron chi connectivity index (χ1n) is 13.2. The molecule has 0 spiro atoms. The predicted octanol–water partition coefficient (Wildman–Crippen LogP) is 4.32. The first-order chi connectivity index (χ1) is 18.4. The first kappa shape index (κ1) is 25.7. The van der Waals surface area contributed by atoms with E-state index in [1.807, 2.05) is 6.07 Å². The van der Waals surface area contributed by atoms with Crippen LogP contribution in [0.1, 0.15) is 45.6 Å². The number of hydrogen-bond acceptors (Lipinski definition) is 5. The molecule has 0 radical (unpaired) electrons. The van der Waals surface area contributed by atoms with Gasteiger partial charge in [0.05, 0.1) is 6.54 Å². The molecule has 1 aliphatic heterocycles. The number of aromatic nitrogens is 2. The molecule has 198 valence electrons. The number of oxazole rings is 1. The summed E-state index contributed by atoms with van der Waals surface area (Å²) in [6.07, 6.45) is 4.43.